The molecule has 0 fully saturated rings. The fraction of sp³-hybridized carbons (Fsp3) is 0.500. The zero-order chi connectivity index (χ0) is 12.1. The molecule has 0 saturated heterocycles. The van der Waals surface area contributed by atoms with Crippen LogP contribution in [0.4, 0.5) is 0 Å². The molecule has 86 valence electrons. The standard InChI is InChI=1S/C6H7NO8.Na.H/c8-3(9)1-6(13,5(11)12)2-4(10)15-7-14;;/h13H,1-2H2,(H,8,9)(H,11,12);;/q;+1;-1. The van der Waals surface area contributed by atoms with Gasteiger partial charge in [-0.3, -0.25) is 9.63 Å². The molecule has 0 bridgehead atoms. The smallest absolute Gasteiger partial charge is 1.00 e. The molecule has 0 heterocycles. The average molecular weight is 245 g/mol. The van der Waals surface area contributed by atoms with Gasteiger partial charge in [-0.25, -0.2) is 9.59 Å². The maximum Gasteiger partial charge on any atom is 1.00 e. The number of carbonyl (C=O) groups is 3. The van der Waals surface area contributed by atoms with Crippen LogP contribution in [0.15, 0.2) is 5.34 Å². The van der Waals surface area contributed by atoms with Gasteiger partial charge in [-0.1, -0.05) is 0 Å². The Kier molecular flexibility index (Phi) is 7.90. The number of hydrogen-bond donors (Lipinski definition) is 3. The molecule has 10 heteroatoms. The minimum Gasteiger partial charge on any atom is -1.00 e. The summed E-state index contributed by atoms with van der Waals surface area (Å²) in [6, 6.07) is 0. The second-order valence-electron chi connectivity index (χ2n) is 2.62. The molecule has 0 radical (unpaired) electrons. The molecule has 0 spiro atoms. The number of carboxylic acid groups (broad SMARTS) is 2. The van der Waals surface area contributed by atoms with Crippen LogP contribution in [0.1, 0.15) is 14.3 Å². The van der Waals surface area contributed by atoms with E-state index in [1.54, 1.807) is 5.34 Å². The van der Waals surface area contributed by atoms with Crippen molar-refractivity contribution in [2.45, 2.75) is 18.4 Å². The van der Waals surface area contributed by atoms with Crippen LogP contribution in [-0.2, 0) is 19.2 Å². The maximum absolute atomic E-state index is 10.6. The third kappa shape index (κ3) is 5.75. The van der Waals surface area contributed by atoms with Crippen LogP contribution in [0, 0.1) is 4.91 Å². The molecule has 3 N–H and O–H groups in total. The number of rotatable bonds is 6. The monoisotopic (exact) mass is 245 g/mol. The summed E-state index contributed by atoms with van der Waals surface area (Å²) in [6.45, 7) is 0. The summed E-state index contributed by atoms with van der Waals surface area (Å²) in [6.07, 6.45) is -2.38. The normalized spacial score (nSPS) is 12.8. The van der Waals surface area contributed by atoms with Crippen molar-refractivity contribution in [3.8, 4) is 0 Å². The third-order valence-electron chi connectivity index (χ3n) is 1.42. The van der Waals surface area contributed by atoms with Gasteiger partial charge >= 0.3 is 47.5 Å². The second-order valence-corrected chi connectivity index (χ2v) is 2.62. The van der Waals surface area contributed by atoms with E-state index in [2.05, 4.69) is 4.84 Å². The summed E-state index contributed by atoms with van der Waals surface area (Å²) in [7, 11) is 0. The Labute approximate surface area is 112 Å². The molecular formula is C6H8NNaO8. The first-order valence-corrected chi connectivity index (χ1v) is 3.52. The summed E-state index contributed by atoms with van der Waals surface area (Å²) in [5, 5.41) is 27.7. The number of hydrogen-bond acceptors (Lipinski definition) is 7. The Morgan fingerprint density at radius 2 is 1.75 bits per heavy atom. The van der Waals surface area contributed by atoms with Crippen LogP contribution < -0.4 is 29.6 Å². The summed E-state index contributed by atoms with van der Waals surface area (Å²) in [5.74, 6) is -4.96. The number of nitrogens with zero attached hydrogens (tertiary/aromatic N) is 1. The molecule has 0 aliphatic carbocycles. The summed E-state index contributed by atoms with van der Waals surface area (Å²) >= 11 is 0. The Bertz CT molecular complexity index is 310. The van der Waals surface area contributed by atoms with Crippen LogP contribution >= 0.6 is 0 Å². The van der Waals surface area contributed by atoms with Crippen molar-refractivity contribution in [1.29, 1.82) is 0 Å². The van der Waals surface area contributed by atoms with Gasteiger partial charge in [0.2, 0.25) is 0 Å². The van der Waals surface area contributed by atoms with Crippen LogP contribution in [0.25, 0.3) is 0 Å². The quantitative estimate of drug-likeness (QED) is 0.243. The predicted molar refractivity (Wildman–Crippen MR) is 42.5 cm³/mol. The molecule has 0 amide bonds. The minimum absolute atomic E-state index is 0. The minimum atomic E-state index is -2.81. The van der Waals surface area contributed by atoms with E-state index >= 15 is 0 Å². The fourth-order valence-corrected chi connectivity index (χ4v) is 0.777. The number of carbonyl (C=O) groups excluding carboxylic acids is 1. The summed E-state index contributed by atoms with van der Waals surface area (Å²) < 4.78 is 0. The first-order valence-electron chi connectivity index (χ1n) is 3.52. The maximum atomic E-state index is 10.6. The van der Waals surface area contributed by atoms with E-state index in [0.29, 0.717) is 0 Å². The molecule has 0 aromatic heterocycles. The van der Waals surface area contributed by atoms with Gasteiger partial charge in [0.1, 0.15) is 0 Å². The SMILES string of the molecule is O=NOC(=O)CC(O)(CC(=O)O)C(=O)O.[H-].[Na+]. The topological polar surface area (TPSA) is 151 Å². The van der Waals surface area contributed by atoms with Crippen molar-refractivity contribution in [3.63, 3.8) is 0 Å². The van der Waals surface area contributed by atoms with Crippen molar-refractivity contribution >= 4 is 17.9 Å². The Hall–Kier alpha value is -1.03. The van der Waals surface area contributed by atoms with Crippen molar-refractivity contribution in [3.05, 3.63) is 4.91 Å². The van der Waals surface area contributed by atoms with E-state index in [9.17, 15) is 24.4 Å². The largest absolute Gasteiger partial charge is 1.00 e. The second kappa shape index (κ2) is 7.28. The molecule has 1 unspecified atom stereocenters. The third-order valence-corrected chi connectivity index (χ3v) is 1.42. The molecular weight excluding hydrogens is 237 g/mol. The summed E-state index contributed by atoms with van der Waals surface area (Å²) in [4.78, 5) is 44.2. The van der Waals surface area contributed by atoms with Gasteiger partial charge in [0.15, 0.2) is 10.9 Å². The molecule has 0 aromatic carbocycles. The fourth-order valence-electron chi connectivity index (χ4n) is 0.777. The number of aliphatic carboxylic acids is 2. The Morgan fingerprint density at radius 3 is 2.06 bits per heavy atom. The molecule has 9 nitrogen and oxygen atoms in total. The molecule has 0 saturated carbocycles. The Morgan fingerprint density at radius 1 is 1.25 bits per heavy atom. The van der Waals surface area contributed by atoms with E-state index in [0.717, 1.165) is 0 Å². The van der Waals surface area contributed by atoms with Crippen molar-refractivity contribution in [2.24, 2.45) is 5.34 Å². The average Bonchev–Trinajstić information content (AvgIpc) is 2.01. The zero-order valence-electron chi connectivity index (χ0n) is 9.24. The van der Waals surface area contributed by atoms with Gasteiger partial charge in [0, 0.05) is 0 Å². The number of carboxylic acids is 2. The summed E-state index contributed by atoms with van der Waals surface area (Å²) in [5.41, 5.74) is -2.81. The molecule has 0 aliphatic heterocycles. The van der Waals surface area contributed by atoms with Crippen molar-refractivity contribution < 1.29 is 65.5 Å². The van der Waals surface area contributed by atoms with Gasteiger partial charge in [-0.2, -0.15) is 0 Å². The number of aliphatic hydroxyl groups is 1. The van der Waals surface area contributed by atoms with Gasteiger partial charge in [0.25, 0.3) is 0 Å². The zero-order valence-corrected chi connectivity index (χ0v) is 10.2. The van der Waals surface area contributed by atoms with E-state index in [-0.39, 0.29) is 31.0 Å². The van der Waals surface area contributed by atoms with E-state index in [4.69, 9.17) is 10.2 Å². The predicted octanol–water partition coefficient (Wildman–Crippen LogP) is -3.99. The van der Waals surface area contributed by atoms with Gasteiger partial charge < -0.3 is 16.7 Å². The van der Waals surface area contributed by atoms with Crippen molar-refractivity contribution in [1.82, 2.24) is 0 Å². The molecule has 0 aliphatic rings. The molecule has 0 aromatic rings. The van der Waals surface area contributed by atoms with Crippen LogP contribution in [0.3, 0.4) is 0 Å². The van der Waals surface area contributed by atoms with E-state index in [1.165, 1.54) is 0 Å². The van der Waals surface area contributed by atoms with Gasteiger partial charge in [0.05, 0.1) is 12.8 Å². The first kappa shape index (κ1) is 17.4. The molecule has 0 rings (SSSR count). The molecule has 16 heavy (non-hydrogen) atoms. The first-order chi connectivity index (χ1) is 6.81. The van der Waals surface area contributed by atoms with Crippen molar-refractivity contribution in [2.75, 3.05) is 0 Å². The van der Waals surface area contributed by atoms with Crippen LogP contribution in [0.2, 0.25) is 0 Å². The van der Waals surface area contributed by atoms with Crippen LogP contribution in [-0.4, -0.2) is 38.8 Å². The van der Waals surface area contributed by atoms with Gasteiger partial charge in [-0.05, 0) is 0 Å². The molecule has 1 atom stereocenters. The van der Waals surface area contributed by atoms with Gasteiger partial charge in [-0.15, -0.1) is 4.91 Å². The van der Waals surface area contributed by atoms with Crippen LogP contribution in [0.5, 0.6) is 0 Å². The van der Waals surface area contributed by atoms with E-state index < -0.39 is 36.4 Å². The Balaban J connectivity index is -0.000000980. The van der Waals surface area contributed by atoms with E-state index in [1.807, 2.05) is 0 Å².